The van der Waals surface area contributed by atoms with Gasteiger partial charge in [0.05, 0.1) is 27.8 Å². The monoisotopic (exact) mass is 472 g/mol. The van der Waals surface area contributed by atoms with Crippen LogP contribution in [0, 0.1) is 6.92 Å². The van der Waals surface area contributed by atoms with Crippen molar-refractivity contribution in [3.8, 4) is 0 Å². The molecule has 0 fully saturated rings. The summed E-state index contributed by atoms with van der Waals surface area (Å²) >= 11 is 6.17. The number of halogens is 1. The molecule has 0 aliphatic rings. The van der Waals surface area contributed by atoms with Gasteiger partial charge in [-0.15, -0.1) is 0 Å². The third-order valence-electron chi connectivity index (χ3n) is 4.46. The Kier molecular flexibility index (Phi) is 7.17. The first-order valence-corrected chi connectivity index (χ1v) is 11.5. The summed E-state index contributed by atoms with van der Waals surface area (Å²) in [5.41, 5.74) is 2.18. The molecular formula is C23H21ClN2O5S. The fourth-order valence-corrected chi connectivity index (χ4v) is 4.06. The molecule has 3 aromatic rings. The summed E-state index contributed by atoms with van der Waals surface area (Å²) in [6, 6.07) is 16.9. The zero-order chi connectivity index (χ0) is 23.3. The normalized spacial score (nSPS) is 11.0. The molecule has 32 heavy (non-hydrogen) atoms. The van der Waals surface area contributed by atoms with E-state index >= 15 is 0 Å². The lowest BCUT2D eigenvalue weighted by molar-refractivity contribution is 0.0526. The molecule has 0 atom stereocenters. The maximum Gasteiger partial charge on any atom is 0.338 e. The van der Waals surface area contributed by atoms with Gasteiger partial charge in [0.1, 0.15) is 0 Å². The van der Waals surface area contributed by atoms with Crippen molar-refractivity contribution < 1.29 is 22.7 Å². The third kappa shape index (κ3) is 5.66. The molecule has 166 valence electrons. The molecule has 0 aromatic heterocycles. The lowest BCUT2D eigenvalue weighted by Gasteiger charge is -2.11. The molecule has 0 heterocycles. The molecule has 1 amide bonds. The first-order chi connectivity index (χ1) is 15.2. The summed E-state index contributed by atoms with van der Waals surface area (Å²) in [5.74, 6) is -0.945. The lowest BCUT2D eigenvalue weighted by atomic mass is 10.1. The van der Waals surface area contributed by atoms with E-state index in [4.69, 9.17) is 16.3 Å². The van der Waals surface area contributed by atoms with Crippen molar-refractivity contribution in [3.63, 3.8) is 0 Å². The predicted octanol–water partition coefficient (Wildman–Crippen LogP) is 4.88. The predicted molar refractivity (Wildman–Crippen MR) is 124 cm³/mol. The van der Waals surface area contributed by atoms with Crippen LogP contribution >= 0.6 is 11.6 Å². The van der Waals surface area contributed by atoms with Crippen molar-refractivity contribution in [1.82, 2.24) is 0 Å². The van der Waals surface area contributed by atoms with Crippen molar-refractivity contribution in [2.24, 2.45) is 0 Å². The first-order valence-electron chi connectivity index (χ1n) is 9.67. The zero-order valence-corrected chi connectivity index (χ0v) is 19.0. The number of hydrogen-bond donors (Lipinski definition) is 2. The number of esters is 1. The molecule has 0 aliphatic carbocycles. The van der Waals surface area contributed by atoms with E-state index in [1.165, 1.54) is 54.6 Å². The summed E-state index contributed by atoms with van der Waals surface area (Å²) in [5, 5.41) is 2.85. The Morgan fingerprint density at radius 3 is 2.16 bits per heavy atom. The topological polar surface area (TPSA) is 102 Å². The van der Waals surface area contributed by atoms with Gasteiger partial charge in [-0.3, -0.25) is 9.52 Å². The average molecular weight is 473 g/mol. The van der Waals surface area contributed by atoms with Crippen molar-refractivity contribution >= 4 is 44.9 Å². The Balaban J connectivity index is 1.69. The number of anilines is 2. The SMILES string of the molecule is CCOC(=O)c1ccc(NC(=O)c2ccc(NS(=O)(=O)c3ccc(C)cc3)cc2)c(Cl)c1. The maximum absolute atomic E-state index is 12.5. The van der Waals surface area contributed by atoms with Crippen LogP contribution in [0.1, 0.15) is 33.2 Å². The Morgan fingerprint density at radius 2 is 1.56 bits per heavy atom. The zero-order valence-electron chi connectivity index (χ0n) is 17.4. The summed E-state index contributed by atoms with van der Waals surface area (Å²) in [7, 11) is -3.74. The fourth-order valence-electron chi connectivity index (χ4n) is 2.77. The Morgan fingerprint density at radius 1 is 0.938 bits per heavy atom. The Hall–Kier alpha value is -3.36. The van der Waals surface area contributed by atoms with Gasteiger partial charge in [0.2, 0.25) is 0 Å². The van der Waals surface area contributed by atoms with Crippen LogP contribution in [0.25, 0.3) is 0 Å². The Bertz CT molecular complexity index is 1240. The first kappa shape index (κ1) is 23.3. The molecular weight excluding hydrogens is 452 g/mol. The van der Waals surface area contributed by atoms with E-state index in [0.717, 1.165) is 5.56 Å². The maximum atomic E-state index is 12.5. The van der Waals surface area contributed by atoms with Crippen LogP contribution in [0.5, 0.6) is 0 Å². The number of rotatable bonds is 7. The molecule has 0 spiro atoms. The van der Waals surface area contributed by atoms with Crippen LogP contribution in [0.4, 0.5) is 11.4 Å². The van der Waals surface area contributed by atoms with Gasteiger partial charge in [-0.25, -0.2) is 13.2 Å². The summed E-state index contributed by atoms with van der Waals surface area (Å²) < 4.78 is 32.4. The lowest BCUT2D eigenvalue weighted by Crippen LogP contribution is -2.14. The number of carbonyl (C=O) groups is 2. The van der Waals surface area contributed by atoms with Crippen LogP contribution in [-0.2, 0) is 14.8 Å². The van der Waals surface area contributed by atoms with Crippen LogP contribution in [-0.4, -0.2) is 26.9 Å². The number of ether oxygens (including phenoxy) is 1. The molecule has 9 heteroatoms. The van der Waals surface area contributed by atoms with Crippen LogP contribution in [0.3, 0.4) is 0 Å². The minimum Gasteiger partial charge on any atom is -0.462 e. The molecule has 0 aliphatic heterocycles. The van der Waals surface area contributed by atoms with Gasteiger partial charge >= 0.3 is 5.97 Å². The second-order valence-corrected chi connectivity index (χ2v) is 8.95. The van der Waals surface area contributed by atoms with E-state index in [1.807, 2.05) is 6.92 Å². The van der Waals surface area contributed by atoms with Crippen molar-refractivity contribution in [2.45, 2.75) is 18.7 Å². The quantitative estimate of drug-likeness (QED) is 0.477. The van der Waals surface area contributed by atoms with E-state index < -0.39 is 21.9 Å². The van der Waals surface area contributed by atoms with Gasteiger partial charge in [0.25, 0.3) is 15.9 Å². The molecule has 2 N–H and O–H groups in total. The van der Waals surface area contributed by atoms with Crippen LogP contribution in [0.15, 0.2) is 71.6 Å². The summed E-state index contributed by atoms with van der Waals surface area (Å²) in [4.78, 5) is 24.5. The van der Waals surface area contributed by atoms with Gasteiger partial charge in [-0.05, 0) is 68.4 Å². The van der Waals surface area contributed by atoms with E-state index in [-0.39, 0.29) is 22.1 Å². The molecule has 0 saturated heterocycles. The van der Waals surface area contributed by atoms with Crippen molar-refractivity contribution in [3.05, 3.63) is 88.4 Å². The Labute approximate surface area is 191 Å². The number of benzene rings is 3. The van der Waals surface area contributed by atoms with Gasteiger partial charge in [-0.1, -0.05) is 29.3 Å². The second-order valence-electron chi connectivity index (χ2n) is 6.87. The molecule has 0 saturated carbocycles. The minimum absolute atomic E-state index is 0.144. The van der Waals surface area contributed by atoms with Gasteiger partial charge in [0.15, 0.2) is 0 Å². The highest BCUT2D eigenvalue weighted by molar-refractivity contribution is 7.92. The number of nitrogens with one attached hydrogen (secondary N) is 2. The number of aryl methyl sites for hydroxylation is 1. The number of carbonyl (C=O) groups excluding carboxylic acids is 2. The van der Waals surface area contributed by atoms with E-state index in [1.54, 1.807) is 19.1 Å². The number of hydrogen-bond acceptors (Lipinski definition) is 5. The fraction of sp³-hybridized carbons (Fsp3) is 0.130. The molecule has 0 bridgehead atoms. The smallest absolute Gasteiger partial charge is 0.338 e. The largest absolute Gasteiger partial charge is 0.462 e. The average Bonchev–Trinajstić information content (AvgIpc) is 2.75. The summed E-state index contributed by atoms with van der Waals surface area (Å²) in [6.45, 7) is 3.81. The van der Waals surface area contributed by atoms with Gasteiger partial charge in [-0.2, -0.15) is 0 Å². The van der Waals surface area contributed by atoms with Gasteiger partial charge in [0, 0.05) is 11.3 Å². The molecule has 3 aromatic carbocycles. The highest BCUT2D eigenvalue weighted by atomic mass is 35.5. The molecule has 7 nitrogen and oxygen atoms in total. The van der Waals surface area contributed by atoms with E-state index in [2.05, 4.69) is 10.0 Å². The molecule has 3 rings (SSSR count). The number of amides is 1. The van der Waals surface area contributed by atoms with Crippen molar-refractivity contribution in [2.75, 3.05) is 16.6 Å². The standard InChI is InChI=1S/C23H21ClN2O5S/c1-3-31-23(28)17-8-13-21(20(24)14-17)25-22(27)16-6-9-18(10-7-16)26-32(29,30)19-11-4-15(2)5-12-19/h4-14,26H,3H2,1-2H3,(H,25,27). The van der Waals surface area contributed by atoms with Crippen molar-refractivity contribution in [1.29, 1.82) is 0 Å². The molecule has 0 radical (unpaired) electrons. The summed E-state index contributed by atoms with van der Waals surface area (Å²) in [6.07, 6.45) is 0. The van der Waals surface area contributed by atoms with E-state index in [9.17, 15) is 18.0 Å². The highest BCUT2D eigenvalue weighted by Gasteiger charge is 2.15. The second kappa shape index (κ2) is 9.84. The van der Waals surface area contributed by atoms with Crippen LogP contribution < -0.4 is 10.0 Å². The van der Waals surface area contributed by atoms with Crippen LogP contribution in [0.2, 0.25) is 5.02 Å². The van der Waals surface area contributed by atoms with E-state index in [0.29, 0.717) is 16.9 Å². The molecule has 0 unspecified atom stereocenters. The number of sulfonamides is 1. The van der Waals surface area contributed by atoms with Gasteiger partial charge < -0.3 is 10.1 Å². The minimum atomic E-state index is -3.74. The third-order valence-corrected chi connectivity index (χ3v) is 6.17. The highest BCUT2D eigenvalue weighted by Crippen LogP contribution is 2.24.